The lowest BCUT2D eigenvalue weighted by atomic mass is 10.1. The topological polar surface area (TPSA) is 197 Å². The standard InChI is InChI=1S/C21H16N4O10/c1-33-17-9-11(3-6-13-18(25(31)32)19(26)23-21(28)22-13)4-7-16(17)35-15-8-5-12(20(27)34-2)10-14(15)24(29)30/h3-10H,1-2H3,(H2,22,23,26,28). The summed E-state index contributed by atoms with van der Waals surface area (Å²) in [6.45, 7) is 0. The maximum Gasteiger partial charge on any atom is 0.357 e. The summed E-state index contributed by atoms with van der Waals surface area (Å²) in [6, 6.07) is 7.93. The zero-order valence-corrected chi connectivity index (χ0v) is 18.1. The first-order chi connectivity index (χ1) is 16.6. The molecular formula is C21H16N4O10. The van der Waals surface area contributed by atoms with Gasteiger partial charge in [-0.25, -0.2) is 9.59 Å². The second-order valence-electron chi connectivity index (χ2n) is 6.70. The lowest BCUT2D eigenvalue weighted by Crippen LogP contribution is -2.25. The summed E-state index contributed by atoms with van der Waals surface area (Å²) in [5.74, 6) is -0.683. The maximum atomic E-state index is 11.7. The first kappa shape index (κ1) is 24.4. The van der Waals surface area contributed by atoms with Crippen LogP contribution in [0.4, 0.5) is 11.4 Å². The number of hydrogen-bond donors (Lipinski definition) is 2. The average molecular weight is 484 g/mol. The molecule has 14 nitrogen and oxygen atoms in total. The highest BCUT2D eigenvalue weighted by atomic mass is 16.6. The van der Waals surface area contributed by atoms with E-state index in [-0.39, 0.29) is 28.5 Å². The van der Waals surface area contributed by atoms with E-state index in [2.05, 4.69) is 9.72 Å². The summed E-state index contributed by atoms with van der Waals surface area (Å²) in [5.41, 5.74) is -3.31. The number of nitro groups is 2. The Labute approximate surface area is 194 Å². The molecule has 0 aliphatic rings. The molecule has 0 aliphatic heterocycles. The Hall–Kier alpha value is -5.27. The van der Waals surface area contributed by atoms with Crippen molar-refractivity contribution in [1.29, 1.82) is 0 Å². The number of aromatic nitrogens is 2. The number of H-pyrrole nitrogens is 2. The van der Waals surface area contributed by atoms with Crippen molar-refractivity contribution in [3.05, 3.63) is 94.3 Å². The molecule has 0 bridgehead atoms. The minimum atomic E-state index is -1.15. The third-order valence-electron chi connectivity index (χ3n) is 4.55. The molecule has 2 N–H and O–H groups in total. The predicted molar refractivity (Wildman–Crippen MR) is 121 cm³/mol. The van der Waals surface area contributed by atoms with Gasteiger partial charge in [-0.1, -0.05) is 12.1 Å². The third kappa shape index (κ3) is 5.39. The van der Waals surface area contributed by atoms with Crippen LogP contribution in [0.15, 0.2) is 46.0 Å². The SMILES string of the molecule is COC(=O)c1ccc(Oc2ccc(C=Cc3[nH]c(=O)[nH]c(=O)c3[N+](=O)[O-])cc2OC)c([N+](=O)[O-])c1. The van der Waals surface area contributed by atoms with Crippen molar-refractivity contribution in [2.45, 2.75) is 0 Å². The molecule has 0 radical (unpaired) electrons. The van der Waals surface area contributed by atoms with E-state index in [1.165, 1.54) is 49.6 Å². The van der Waals surface area contributed by atoms with Crippen LogP contribution >= 0.6 is 0 Å². The van der Waals surface area contributed by atoms with E-state index in [4.69, 9.17) is 9.47 Å². The second kappa shape index (κ2) is 10.1. The molecule has 0 aliphatic carbocycles. The molecule has 1 aromatic heterocycles. The summed E-state index contributed by atoms with van der Waals surface area (Å²) in [6.07, 6.45) is 2.54. The average Bonchev–Trinajstić information content (AvgIpc) is 2.82. The highest BCUT2D eigenvalue weighted by molar-refractivity contribution is 5.90. The van der Waals surface area contributed by atoms with E-state index in [9.17, 15) is 34.6 Å². The van der Waals surface area contributed by atoms with Crippen LogP contribution in [0.1, 0.15) is 21.6 Å². The number of nitrogens with zero attached hydrogens (tertiary/aromatic N) is 2. The van der Waals surface area contributed by atoms with Crippen LogP contribution in [0, 0.1) is 20.2 Å². The number of ether oxygens (including phenoxy) is 3. The Balaban J connectivity index is 1.95. The number of esters is 1. The molecule has 0 saturated carbocycles. The normalized spacial score (nSPS) is 10.7. The highest BCUT2D eigenvalue weighted by Crippen LogP contribution is 2.37. The summed E-state index contributed by atoms with van der Waals surface area (Å²) in [5, 5.41) is 22.6. The molecule has 0 amide bonds. The number of nitrogens with one attached hydrogen (secondary N) is 2. The minimum absolute atomic E-state index is 0.0362. The van der Waals surface area contributed by atoms with Gasteiger partial charge in [-0.05, 0) is 35.9 Å². The summed E-state index contributed by atoms with van der Waals surface area (Å²) >= 11 is 0. The number of carbonyl (C=O) groups excluding carboxylic acids is 1. The molecule has 3 rings (SSSR count). The van der Waals surface area contributed by atoms with Crippen molar-refractivity contribution in [1.82, 2.24) is 9.97 Å². The zero-order chi connectivity index (χ0) is 25.7. The molecule has 1 heterocycles. The summed E-state index contributed by atoms with van der Waals surface area (Å²) in [7, 11) is 2.47. The second-order valence-corrected chi connectivity index (χ2v) is 6.70. The molecule has 180 valence electrons. The Morgan fingerprint density at radius 3 is 2.26 bits per heavy atom. The van der Waals surface area contributed by atoms with Crippen molar-refractivity contribution in [3.63, 3.8) is 0 Å². The minimum Gasteiger partial charge on any atom is -0.493 e. The Morgan fingerprint density at radius 1 is 0.914 bits per heavy atom. The number of nitro benzene ring substituents is 1. The van der Waals surface area contributed by atoms with Gasteiger partial charge in [-0.2, -0.15) is 0 Å². The Morgan fingerprint density at radius 2 is 1.63 bits per heavy atom. The summed E-state index contributed by atoms with van der Waals surface area (Å²) in [4.78, 5) is 59.8. The van der Waals surface area contributed by atoms with E-state index >= 15 is 0 Å². The molecule has 0 fully saturated rings. The number of rotatable bonds is 8. The van der Waals surface area contributed by atoms with E-state index in [0.717, 1.165) is 13.2 Å². The van der Waals surface area contributed by atoms with Crippen molar-refractivity contribution in [3.8, 4) is 17.2 Å². The van der Waals surface area contributed by atoms with Gasteiger partial charge >= 0.3 is 28.6 Å². The van der Waals surface area contributed by atoms with Crippen LogP contribution in [0.3, 0.4) is 0 Å². The van der Waals surface area contributed by atoms with Gasteiger partial charge in [0.05, 0.1) is 29.6 Å². The molecule has 2 aromatic carbocycles. The highest BCUT2D eigenvalue weighted by Gasteiger charge is 2.21. The fourth-order valence-electron chi connectivity index (χ4n) is 2.96. The number of carbonyl (C=O) groups is 1. The first-order valence-electron chi connectivity index (χ1n) is 9.56. The molecule has 0 saturated heterocycles. The molecule has 35 heavy (non-hydrogen) atoms. The smallest absolute Gasteiger partial charge is 0.357 e. The number of hydrogen-bond acceptors (Lipinski definition) is 10. The molecular weight excluding hydrogens is 468 g/mol. The largest absolute Gasteiger partial charge is 0.493 e. The Bertz CT molecular complexity index is 1470. The molecule has 0 spiro atoms. The lowest BCUT2D eigenvalue weighted by molar-refractivity contribution is -0.386. The van der Waals surface area contributed by atoms with E-state index in [1.807, 2.05) is 0 Å². The van der Waals surface area contributed by atoms with E-state index < -0.39 is 38.4 Å². The van der Waals surface area contributed by atoms with Gasteiger partial charge in [-0.15, -0.1) is 0 Å². The van der Waals surface area contributed by atoms with Gasteiger partial charge in [0.25, 0.3) is 0 Å². The van der Waals surface area contributed by atoms with Crippen molar-refractivity contribution in [2.24, 2.45) is 0 Å². The van der Waals surface area contributed by atoms with E-state index in [0.29, 0.717) is 5.56 Å². The molecule has 14 heteroatoms. The van der Waals surface area contributed by atoms with E-state index in [1.54, 1.807) is 4.98 Å². The maximum absolute atomic E-state index is 11.7. The fourth-order valence-corrected chi connectivity index (χ4v) is 2.96. The van der Waals surface area contributed by atoms with Crippen molar-refractivity contribution < 1.29 is 28.9 Å². The predicted octanol–water partition coefficient (Wildman–Crippen LogP) is 2.64. The zero-order valence-electron chi connectivity index (χ0n) is 18.1. The van der Waals surface area contributed by atoms with Crippen LogP contribution in [-0.2, 0) is 4.74 Å². The van der Waals surface area contributed by atoms with Gasteiger partial charge in [0.2, 0.25) is 5.75 Å². The number of methoxy groups -OCH3 is 2. The van der Waals surface area contributed by atoms with Crippen LogP contribution in [-0.4, -0.2) is 40.0 Å². The van der Waals surface area contributed by atoms with Crippen LogP contribution in [0.5, 0.6) is 17.2 Å². The van der Waals surface area contributed by atoms with Gasteiger partial charge < -0.3 is 19.2 Å². The van der Waals surface area contributed by atoms with Gasteiger partial charge in [-0.3, -0.25) is 30.0 Å². The lowest BCUT2D eigenvalue weighted by Gasteiger charge is -2.12. The van der Waals surface area contributed by atoms with Crippen molar-refractivity contribution in [2.75, 3.05) is 14.2 Å². The van der Waals surface area contributed by atoms with Gasteiger partial charge in [0, 0.05) is 6.07 Å². The van der Waals surface area contributed by atoms with Crippen LogP contribution < -0.4 is 20.7 Å². The Kier molecular flexibility index (Phi) is 7.05. The molecule has 0 unspecified atom stereocenters. The monoisotopic (exact) mass is 484 g/mol. The number of benzene rings is 2. The first-order valence-corrected chi connectivity index (χ1v) is 9.56. The fraction of sp³-hybridized carbons (Fsp3) is 0.0952. The molecule has 0 atom stereocenters. The van der Waals surface area contributed by atoms with Gasteiger partial charge in [0.15, 0.2) is 11.5 Å². The quantitative estimate of drug-likeness (QED) is 0.272. The van der Waals surface area contributed by atoms with Crippen LogP contribution in [0.25, 0.3) is 12.2 Å². The van der Waals surface area contributed by atoms with Crippen LogP contribution in [0.2, 0.25) is 0 Å². The van der Waals surface area contributed by atoms with Gasteiger partial charge in [0.1, 0.15) is 5.69 Å². The van der Waals surface area contributed by atoms with Crippen molar-refractivity contribution >= 4 is 29.5 Å². The molecule has 3 aromatic rings. The third-order valence-corrected chi connectivity index (χ3v) is 4.55. The summed E-state index contributed by atoms with van der Waals surface area (Å²) < 4.78 is 15.5. The number of aromatic amines is 2.